The van der Waals surface area contributed by atoms with Gasteiger partial charge in [-0.05, 0) is 74.1 Å². The van der Waals surface area contributed by atoms with Crippen LogP contribution in [0.3, 0.4) is 0 Å². The highest BCUT2D eigenvalue weighted by Crippen LogP contribution is 2.32. The number of benzene rings is 2. The second kappa shape index (κ2) is 22.2. The summed E-state index contributed by atoms with van der Waals surface area (Å²) < 4.78 is 16.5. The van der Waals surface area contributed by atoms with Crippen molar-refractivity contribution in [2.24, 2.45) is 40.6 Å². The van der Waals surface area contributed by atoms with E-state index in [0.29, 0.717) is 42.6 Å². The minimum Gasteiger partial charge on any atom is -0.493 e. The molecule has 0 aliphatic carbocycles. The Balaban J connectivity index is 0.000000957. The molecule has 0 saturated carbocycles. The van der Waals surface area contributed by atoms with Gasteiger partial charge in [-0.2, -0.15) is 0 Å². The summed E-state index contributed by atoms with van der Waals surface area (Å²) in [5, 5.41) is 31.2. The van der Waals surface area contributed by atoms with E-state index in [-0.39, 0.29) is 30.7 Å². The standard InChI is InChI=1S/C30H53N3O6.C8H8O3/c1-19(2)22(14-21-10-11-26(38-8)27(15-21)39-13-9-12-37-7)16-24(31)25(34)17-23(20(3)4)28(35)33-18-30(5,6)29(32)36;9-7(8(10)11)6-4-2-1-3-5-6/h10-11,15,19-20,22-25,34H,9,12-14,16-18,31H2,1-8H3,(H2,32,36)(H,33,35);1-5,7,9H,(H,10,11)/t22-,23-,24-,25-;7-/m01/s1. The zero-order chi connectivity index (χ0) is 38.0. The Kier molecular flexibility index (Phi) is 19.7. The third-order valence-corrected chi connectivity index (χ3v) is 8.85. The molecular formula is C38H61N3O9. The number of amides is 2. The molecule has 0 heterocycles. The topological polar surface area (TPSA) is 204 Å². The van der Waals surface area contributed by atoms with Gasteiger partial charge in [0.05, 0.1) is 25.2 Å². The summed E-state index contributed by atoms with van der Waals surface area (Å²) >= 11 is 0. The summed E-state index contributed by atoms with van der Waals surface area (Å²) in [6.45, 7) is 12.9. The highest BCUT2D eigenvalue weighted by Gasteiger charge is 2.32. The normalized spacial score (nSPS) is 14.5. The van der Waals surface area contributed by atoms with Crippen molar-refractivity contribution in [3.05, 3.63) is 59.7 Å². The summed E-state index contributed by atoms with van der Waals surface area (Å²) in [5.74, 6) is -0.433. The molecule has 0 fully saturated rings. The van der Waals surface area contributed by atoms with E-state index in [1.165, 1.54) is 0 Å². The van der Waals surface area contributed by atoms with Crippen LogP contribution in [0.15, 0.2) is 48.5 Å². The number of aliphatic hydroxyl groups is 2. The van der Waals surface area contributed by atoms with Crippen LogP contribution in [0.4, 0.5) is 0 Å². The molecule has 0 spiro atoms. The monoisotopic (exact) mass is 703 g/mol. The molecular weight excluding hydrogens is 642 g/mol. The van der Waals surface area contributed by atoms with Gasteiger partial charge in [-0.1, -0.05) is 64.1 Å². The first-order chi connectivity index (χ1) is 23.4. The van der Waals surface area contributed by atoms with Crippen molar-refractivity contribution in [1.29, 1.82) is 0 Å². The van der Waals surface area contributed by atoms with E-state index in [4.69, 9.17) is 35.9 Å². The highest BCUT2D eigenvalue weighted by molar-refractivity contribution is 5.83. The Bertz CT molecular complexity index is 1300. The first-order valence-corrected chi connectivity index (χ1v) is 17.2. The number of carbonyl (C=O) groups is 3. The number of aliphatic hydroxyl groups excluding tert-OH is 2. The Labute approximate surface area is 297 Å². The number of ether oxygens (including phenoxy) is 3. The molecule has 0 radical (unpaired) electrons. The van der Waals surface area contributed by atoms with Crippen LogP contribution < -0.4 is 26.3 Å². The summed E-state index contributed by atoms with van der Waals surface area (Å²) in [4.78, 5) is 34.8. The lowest BCUT2D eigenvalue weighted by Crippen LogP contribution is -2.46. The van der Waals surface area contributed by atoms with Crippen LogP contribution in [-0.2, 0) is 25.5 Å². The number of nitrogens with two attached hydrogens (primary N) is 2. The molecule has 2 aromatic carbocycles. The Morgan fingerprint density at radius 3 is 2.06 bits per heavy atom. The maximum atomic E-state index is 12.9. The number of nitrogens with one attached hydrogen (secondary N) is 1. The van der Waals surface area contributed by atoms with Gasteiger partial charge in [0.25, 0.3) is 0 Å². The molecule has 0 bridgehead atoms. The molecule has 0 saturated heterocycles. The first-order valence-electron chi connectivity index (χ1n) is 17.2. The van der Waals surface area contributed by atoms with Crippen molar-refractivity contribution in [2.75, 3.05) is 34.0 Å². The third kappa shape index (κ3) is 15.5. The molecule has 282 valence electrons. The van der Waals surface area contributed by atoms with Gasteiger partial charge in [-0.25, -0.2) is 4.79 Å². The fraction of sp³-hybridized carbons (Fsp3) is 0.605. The molecule has 12 heteroatoms. The van der Waals surface area contributed by atoms with Gasteiger partial charge < -0.3 is 46.3 Å². The predicted octanol–water partition coefficient (Wildman–Crippen LogP) is 4.10. The van der Waals surface area contributed by atoms with Crippen LogP contribution in [0.2, 0.25) is 0 Å². The summed E-state index contributed by atoms with van der Waals surface area (Å²) in [7, 11) is 3.29. The molecule has 12 nitrogen and oxygen atoms in total. The lowest BCUT2D eigenvalue weighted by molar-refractivity contribution is -0.147. The van der Waals surface area contributed by atoms with Crippen molar-refractivity contribution >= 4 is 17.8 Å². The Hall–Kier alpha value is -3.71. The van der Waals surface area contributed by atoms with Gasteiger partial charge in [0.15, 0.2) is 17.6 Å². The molecule has 0 aliphatic heterocycles. The van der Waals surface area contributed by atoms with Gasteiger partial charge in [0, 0.05) is 38.6 Å². The minimum absolute atomic E-state index is 0.00829. The number of rotatable bonds is 21. The van der Waals surface area contributed by atoms with Gasteiger partial charge >= 0.3 is 5.97 Å². The van der Waals surface area contributed by atoms with Gasteiger partial charge in [0.2, 0.25) is 11.8 Å². The maximum Gasteiger partial charge on any atom is 0.337 e. The molecule has 2 amide bonds. The van der Waals surface area contributed by atoms with Gasteiger partial charge in [0.1, 0.15) is 0 Å². The second-order valence-corrected chi connectivity index (χ2v) is 14.1. The van der Waals surface area contributed by atoms with Crippen molar-refractivity contribution in [3.63, 3.8) is 0 Å². The van der Waals surface area contributed by atoms with E-state index in [2.05, 4.69) is 19.2 Å². The van der Waals surface area contributed by atoms with Crippen LogP contribution in [0.25, 0.3) is 0 Å². The van der Waals surface area contributed by atoms with Gasteiger partial charge in [-0.3, -0.25) is 9.59 Å². The Morgan fingerprint density at radius 2 is 1.54 bits per heavy atom. The maximum absolute atomic E-state index is 12.9. The number of carboxylic acids is 1. The third-order valence-electron chi connectivity index (χ3n) is 8.85. The van der Waals surface area contributed by atoms with E-state index < -0.39 is 41.5 Å². The van der Waals surface area contributed by atoms with E-state index >= 15 is 0 Å². The average molecular weight is 704 g/mol. The molecule has 5 atom stereocenters. The molecule has 50 heavy (non-hydrogen) atoms. The van der Waals surface area contributed by atoms with Crippen LogP contribution >= 0.6 is 0 Å². The quantitative estimate of drug-likeness (QED) is 0.103. The van der Waals surface area contributed by atoms with Crippen molar-refractivity contribution in [3.8, 4) is 11.5 Å². The molecule has 0 aromatic heterocycles. The van der Waals surface area contributed by atoms with Crippen molar-refractivity contribution in [1.82, 2.24) is 5.32 Å². The molecule has 2 rings (SSSR count). The summed E-state index contributed by atoms with van der Waals surface area (Å²) in [5.41, 5.74) is 12.6. The predicted molar refractivity (Wildman–Crippen MR) is 194 cm³/mol. The van der Waals surface area contributed by atoms with E-state index in [1.807, 2.05) is 32.0 Å². The van der Waals surface area contributed by atoms with Crippen molar-refractivity contribution in [2.45, 2.75) is 85.5 Å². The molecule has 0 unspecified atom stereocenters. The van der Waals surface area contributed by atoms with E-state index in [1.54, 1.807) is 58.4 Å². The second-order valence-electron chi connectivity index (χ2n) is 14.1. The van der Waals surface area contributed by atoms with Crippen LogP contribution in [0.1, 0.15) is 78.0 Å². The average Bonchev–Trinajstić information content (AvgIpc) is 3.07. The molecule has 0 aliphatic rings. The SMILES string of the molecule is COCCCOc1cc(C[C@@H](C[C@H](N)[C@@H](O)C[C@H](C(=O)NCC(C)(C)C(N)=O)C(C)C)C(C)C)ccc1OC.O=C(O)[C@H](O)c1ccccc1. The number of methoxy groups -OCH3 is 2. The lowest BCUT2D eigenvalue weighted by atomic mass is 9.80. The molecule has 8 N–H and O–H groups in total. The molecule has 2 aromatic rings. The zero-order valence-corrected chi connectivity index (χ0v) is 31.1. The van der Waals surface area contributed by atoms with Crippen LogP contribution in [0.5, 0.6) is 11.5 Å². The van der Waals surface area contributed by atoms with E-state index in [9.17, 15) is 19.5 Å². The minimum atomic E-state index is -1.41. The van der Waals surface area contributed by atoms with Crippen molar-refractivity contribution < 1.29 is 43.9 Å². The number of hydrogen-bond donors (Lipinski definition) is 6. The number of aliphatic carboxylic acids is 1. The number of hydrogen-bond acceptors (Lipinski definition) is 9. The number of carboxylic acid groups (broad SMARTS) is 1. The largest absolute Gasteiger partial charge is 0.493 e. The highest BCUT2D eigenvalue weighted by atomic mass is 16.5. The first kappa shape index (κ1) is 44.3. The number of primary amides is 1. The zero-order valence-electron chi connectivity index (χ0n) is 31.1. The van der Waals surface area contributed by atoms with E-state index in [0.717, 1.165) is 18.4 Å². The van der Waals surface area contributed by atoms with Crippen LogP contribution in [0, 0.1) is 29.1 Å². The Morgan fingerprint density at radius 1 is 0.900 bits per heavy atom. The fourth-order valence-corrected chi connectivity index (χ4v) is 5.17. The lowest BCUT2D eigenvalue weighted by Gasteiger charge is -2.30. The number of carbonyl (C=O) groups excluding carboxylic acids is 2. The fourth-order valence-electron chi connectivity index (χ4n) is 5.17. The smallest absolute Gasteiger partial charge is 0.337 e. The summed E-state index contributed by atoms with van der Waals surface area (Å²) in [6, 6.07) is 13.7. The van der Waals surface area contributed by atoms with Gasteiger partial charge in [-0.15, -0.1) is 0 Å². The summed E-state index contributed by atoms with van der Waals surface area (Å²) in [6.07, 6.45) is 0.154. The van der Waals surface area contributed by atoms with Crippen LogP contribution in [-0.4, -0.2) is 79.2 Å².